The summed E-state index contributed by atoms with van der Waals surface area (Å²) in [5.41, 5.74) is -3.89. The zero-order chi connectivity index (χ0) is 15.5. The summed E-state index contributed by atoms with van der Waals surface area (Å²) in [5, 5.41) is 8.78. The molecule has 3 nitrogen and oxygen atoms in total. The minimum atomic E-state index is -4.44. The summed E-state index contributed by atoms with van der Waals surface area (Å²) in [6.45, 7) is 1.27. The van der Waals surface area contributed by atoms with Crippen molar-refractivity contribution in [3.63, 3.8) is 0 Å². The number of Topliss-reactive ketones (excluding diaryl/α,β-unsaturated/α-hetero) is 1. The summed E-state index contributed by atoms with van der Waals surface area (Å²) in [6.07, 6.45) is -0.359. The molecular weight excluding hydrogens is 361 g/mol. The zero-order valence-corrected chi connectivity index (χ0v) is 12.6. The van der Waals surface area contributed by atoms with Crippen molar-refractivity contribution >= 4 is 39.4 Å². The van der Waals surface area contributed by atoms with Crippen molar-refractivity contribution in [2.75, 3.05) is 0 Å². The maximum Gasteiger partial charge on any atom is 0.446 e. The number of thioether (sulfide) groups is 1. The Morgan fingerprint density at radius 1 is 1.40 bits per heavy atom. The van der Waals surface area contributed by atoms with Crippen molar-refractivity contribution in [2.45, 2.75) is 28.6 Å². The molecule has 0 amide bonds. The van der Waals surface area contributed by atoms with Crippen molar-refractivity contribution in [1.82, 2.24) is 0 Å². The Balaban J connectivity index is 3.21. The Morgan fingerprint density at radius 2 is 2.00 bits per heavy atom. The van der Waals surface area contributed by atoms with E-state index in [9.17, 15) is 22.8 Å². The highest BCUT2D eigenvalue weighted by atomic mass is 79.9. The van der Waals surface area contributed by atoms with Crippen LogP contribution >= 0.6 is 27.7 Å². The summed E-state index contributed by atoms with van der Waals surface area (Å²) in [7, 11) is 0. The normalized spacial score (nSPS) is 13.1. The topological polar surface area (TPSA) is 54.4 Å². The molecule has 0 saturated carbocycles. The summed E-state index contributed by atoms with van der Waals surface area (Å²) < 4.78 is 37.0. The highest BCUT2D eigenvalue weighted by molar-refractivity contribution is 9.09. The second kappa shape index (κ2) is 6.62. The predicted octanol–water partition coefficient (Wildman–Crippen LogP) is 3.95. The van der Waals surface area contributed by atoms with Crippen molar-refractivity contribution in [3.8, 4) is 0 Å². The van der Waals surface area contributed by atoms with Crippen LogP contribution < -0.4 is 0 Å². The van der Waals surface area contributed by atoms with Gasteiger partial charge in [-0.3, -0.25) is 9.59 Å². The lowest BCUT2D eigenvalue weighted by molar-refractivity contribution is -0.136. The number of ketones is 1. The van der Waals surface area contributed by atoms with E-state index in [0.717, 1.165) is 0 Å². The summed E-state index contributed by atoms with van der Waals surface area (Å²) >= 11 is 2.76. The number of benzene rings is 1. The van der Waals surface area contributed by atoms with E-state index in [2.05, 4.69) is 15.9 Å². The highest BCUT2D eigenvalue weighted by Gasteiger charge is 2.30. The van der Waals surface area contributed by atoms with Crippen LogP contribution in [-0.2, 0) is 16.0 Å². The fourth-order valence-electron chi connectivity index (χ4n) is 1.55. The second-order valence-electron chi connectivity index (χ2n) is 3.95. The fourth-order valence-corrected chi connectivity index (χ4v) is 2.56. The van der Waals surface area contributed by atoms with E-state index in [0.29, 0.717) is 5.56 Å². The molecule has 0 saturated heterocycles. The van der Waals surface area contributed by atoms with Crippen LogP contribution in [0.3, 0.4) is 0 Å². The van der Waals surface area contributed by atoms with Gasteiger partial charge in [0.25, 0.3) is 0 Å². The molecule has 1 rings (SSSR count). The van der Waals surface area contributed by atoms with E-state index in [1.54, 1.807) is 0 Å². The molecule has 0 aliphatic carbocycles. The SMILES string of the molecule is CC(=O)C(Br)c1cc(SC(F)(F)F)ccc1CC(=O)O. The van der Waals surface area contributed by atoms with Gasteiger partial charge >= 0.3 is 11.5 Å². The molecule has 1 atom stereocenters. The van der Waals surface area contributed by atoms with Gasteiger partial charge in [-0.2, -0.15) is 13.2 Å². The Morgan fingerprint density at radius 3 is 2.45 bits per heavy atom. The van der Waals surface area contributed by atoms with Gasteiger partial charge in [-0.1, -0.05) is 22.0 Å². The molecule has 0 spiro atoms. The number of hydrogen-bond donors (Lipinski definition) is 1. The monoisotopic (exact) mass is 370 g/mol. The van der Waals surface area contributed by atoms with Crippen LogP contribution in [0.5, 0.6) is 0 Å². The third-order valence-electron chi connectivity index (χ3n) is 2.32. The summed E-state index contributed by atoms with van der Waals surface area (Å²) in [4.78, 5) is 21.2. The molecule has 0 bridgehead atoms. The maximum atomic E-state index is 12.3. The van der Waals surface area contributed by atoms with Gasteiger partial charge in [0, 0.05) is 4.90 Å². The number of rotatable bonds is 5. The van der Waals surface area contributed by atoms with Gasteiger partial charge in [0.05, 0.1) is 11.2 Å². The van der Waals surface area contributed by atoms with E-state index < -0.39 is 16.3 Å². The second-order valence-corrected chi connectivity index (χ2v) is 6.01. The molecule has 0 aliphatic heterocycles. The number of carbonyl (C=O) groups is 2. The average Bonchev–Trinajstić information content (AvgIpc) is 2.27. The van der Waals surface area contributed by atoms with Gasteiger partial charge in [-0.25, -0.2) is 0 Å². The minimum absolute atomic E-state index is 0.0904. The quantitative estimate of drug-likeness (QED) is 0.629. The van der Waals surface area contributed by atoms with Crippen molar-refractivity contribution in [3.05, 3.63) is 29.3 Å². The minimum Gasteiger partial charge on any atom is -0.481 e. The zero-order valence-electron chi connectivity index (χ0n) is 10.2. The molecule has 0 fully saturated rings. The van der Waals surface area contributed by atoms with Gasteiger partial charge in [0.1, 0.15) is 5.78 Å². The van der Waals surface area contributed by atoms with Crippen molar-refractivity contribution in [1.29, 1.82) is 0 Å². The Kier molecular flexibility index (Phi) is 5.64. The number of carboxylic acids is 1. The van der Waals surface area contributed by atoms with E-state index in [1.807, 2.05) is 0 Å². The molecule has 0 aromatic heterocycles. The first-order valence-corrected chi connectivity index (χ1v) is 7.08. The molecule has 0 heterocycles. The molecule has 110 valence electrons. The van der Waals surface area contributed by atoms with E-state index >= 15 is 0 Å². The van der Waals surface area contributed by atoms with Crippen LogP contribution in [-0.4, -0.2) is 22.4 Å². The summed E-state index contributed by atoms with van der Waals surface area (Å²) in [6, 6.07) is 3.69. The molecule has 1 aromatic carbocycles. The van der Waals surface area contributed by atoms with Gasteiger partial charge < -0.3 is 5.11 Å². The summed E-state index contributed by atoms with van der Waals surface area (Å²) in [5.74, 6) is -1.43. The van der Waals surface area contributed by atoms with Gasteiger partial charge in [-0.05, 0) is 41.9 Å². The predicted molar refractivity (Wildman–Crippen MR) is 72.0 cm³/mol. The van der Waals surface area contributed by atoms with Crippen LogP contribution in [0.4, 0.5) is 13.2 Å². The largest absolute Gasteiger partial charge is 0.481 e. The van der Waals surface area contributed by atoms with Crippen LogP contribution in [0.25, 0.3) is 0 Å². The standard InChI is InChI=1S/C12H10BrF3O3S/c1-6(17)11(13)9-5-8(20-12(14,15)16)3-2-7(9)4-10(18)19/h2-3,5,11H,4H2,1H3,(H,18,19). The number of alkyl halides is 4. The first-order valence-electron chi connectivity index (χ1n) is 5.35. The first-order chi connectivity index (χ1) is 9.10. The van der Waals surface area contributed by atoms with E-state index in [-0.39, 0.29) is 34.4 Å². The van der Waals surface area contributed by atoms with Crippen LogP contribution in [0, 0.1) is 0 Å². The number of carbonyl (C=O) groups excluding carboxylic acids is 1. The lowest BCUT2D eigenvalue weighted by Crippen LogP contribution is -2.09. The highest BCUT2D eigenvalue weighted by Crippen LogP contribution is 2.39. The number of aliphatic carboxylic acids is 1. The molecule has 8 heteroatoms. The van der Waals surface area contributed by atoms with Crippen LogP contribution in [0.15, 0.2) is 23.1 Å². The third-order valence-corrected chi connectivity index (χ3v) is 4.18. The Bertz CT molecular complexity index is 531. The smallest absolute Gasteiger partial charge is 0.446 e. The molecule has 0 radical (unpaired) electrons. The van der Waals surface area contributed by atoms with Gasteiger partial charge in [-0.15, -0.1) is 0 Å². The lowest BCUT2D eigenvalue weighted by atomic mass is 10.0. The van der Waals surface area contributed by atoms with Crippen LogP contribution in [0.1, 0.15) is 22.9 Å². The lowest BCUT2D eigenvalue weighted by Gasteiger charge is -2.14. The van der Waals surface area contributed by atoms with E-state index in [4.69, 9.17) is 5.11 Å². The van der Waals surface area contributed by atoms with E-state index in [1.165, 1.54) is 25.1 Å². The van der Waals surface area contributed by atoms with Gasteiger partial charge in [0.15, 0.2) is 0 Å². The van der Waals surface area contributed by atoms with Gasteiger partial charge in [0.2, 0.25) is 0 Å². The third kappa shape index (κ3) is 5.16. The molecule has 1 unspecified atom stereocenters. The maximum absolute atomic E-state index is 12.3. The molecule has 20 heavy (non-hydrogen) atoms. The Hall–Kier alpha value is -1.02. The van der Waals surface area contributed by atoms with Crippen molar-refractivity contribution < 1.29 is 27.9 Å². The molecule has 0 aliphatic rings. The molecular formula is C12H10BrF3O3S. The molecule has 1 aromatic rings. The van der Waals surface area contributed by atoms with Crippen molar-refractivity contribution in [2.24, 2.45) is 0 Å². The number of halogens is 4. The Labute approximate surface area is 125 Å². The first kappa shape index (κ1) is 17.0. The fraction of sp³-hybridized carbons (Fsp3) is 0.333. The molecule has 1 N–H and O–H groups in total. The number of carboxylic acid groups (broad SMARTS) is 1. The number of hydrogen-bond acceptors (Lipinski definition) is 3. The average molecular weight is 371 g/mol. The van der Waals surface area contributed by atoms with Crippen LogP contribution in [0.2, 0.25) is 0 Å².